The molecule has 1 saturated carbocycles. The van der Waals surface area contributed by atoms with E-state index in [1.807, 2.05) is 0 Å². The smallest absolute Gasteiger partial charge is 0.186 e. The lowest BCUT2D eigenvalue weighted by Crippen LogP contribution is -2.41. The molecule has 0 bridgehead atoms. The first-order valence-electron chi connectivity index (χ1n) is 8.20. The van der Waals surface area contributed by atoms with Crippen LogP contribution in [0.25, 0.3) is 0 Å². The van der Waals surface area contributed by atoms with Crippen LogP contribution in [0.5, 0.6) is 0 Å². The van der Waals surface area contributed by atoms with Crippen LogP contribution in [0.4, 0.5) is 5.13 Å². The predicted molar refractivity (Wildman–Crippen MR) is 88.5 cm³/mol. The van der Waals surface area contributed by atoms with E-state index in [4.69, 9.17) is 4.98 Å². The van der Waals surface area contributed by atoms with Gasteiger partial charge in [0.1, 0.15) is 0 Å². The average molecular weight is 306 g/mol. The molecule has 3 rings (SSSR count). The minimum Gasteiger partial charge on any atom is -0.348 e. The summed E-state index contributed by atoms with van der Waals surface area (Å²) in [7, 11) is 0. The molecule has 0 radical (unpaired) electrons. The average Bonchev–Trinajstić information content (AvgIpc) is 2.91. The molecule has 2 fully saturated rings. The Labute approximate surface area is 131 Å². The Morgan fingerprint density at radius 3 is 2.52 bits per heavy atom. The molecule has 1 aliphatic heterocycles. The van der Waals surface area contributed by atoms with Gasteiger partial charge in [0, 0.05) is 18.5 Å². The number of carbonyl (C=O) groups is 1. The number of nitrogens with zero attached hydrogens (tertiary/aromatic N) is 2. The van der Waals surface area contributed by atoms with Gasteiger partial charge in [-0.15, -0.1) is 0 Å². The Kier molecular flexibility index (Phi) is 4.08. The molecule has 116 valence electrons. The van der Waals surface area contributed by atoms with Crippen molar-refractivity contribution in [1.29, 1.82) is 0 Å². The number of aromatic nitrogens is 1. The largest absolute Gasteiger partial charge is 0.348 e. The predicted octanol–water partition coefficient (Wildman–Crippen LogP) is 4.27. The lowest BCUT2D eigenvalue weighted by atomic mass is 9.75. The van der Waals surface area contributed by atoms with Gasteiger partial charge in [-0.3, -0.25) is 4.79 Å². The lowest BCUT2D eigenvalue weighted by Gasteiger charge is -2.41. The maximum absolute atomic E-state index is 11.4. The van der Waals surface area contributed by atoms with Crippen LogP contribution in [0.1, 0.15) is 68.2 Å². The van der Waals surface area contributed by atoms with Crippen LogP contribution < -0.4 is 4.90 Å². The zero-order valence-corrected chi connectivity index (χ0v) is 14.2. The van der Waals surface area contributed by atoms with E-state index in [-0.39, 0.29) is 5.41 Å². The van der Waals surface area contributed by atoms with Crippen LogP contribution in [0.3, 0.4) is 0 Å². The van der Waals surface area contributed by atoms with Crippen molar-refractivity contribution in [3.63, 3.8) is 0 Å². The van der Waals surface area contributed by atoms with E-state index in [1.165, 1.54) is 32.1 Å². The summed E-state index contributed by atoms with van der Waals surface area (Å²) in [5, 5.41) is 1.06. The fraction of sp³-hybridized carbons (Fsp3) is 0.765. The molecule has 2 unspecified atom stereocenters. The number of thiazole rings is 1. The van der Waals surface area contributed by atoms with Crippen LogP contribution in [0.2, 0.25) is 0 Å². The third-order valence-corrected chi connectivity index (χ3v) is 6.06. The maximum atomic E-state index is 11.4. The van der Waals surface area contributed by atoms with Gasteiger partial charge in [-0.05, 0) is 24.7 Å². The van der Waals surface area contributed by atoms with Gasteiger partial charge in [-0.25, -0.2) is 4.98 Å². The molecular weight excluding hydrogens is 280 g/mol. The summed E-state index contributed by atoms with van der Waals surface area (Å²) in [6.45, 7) is 8.64. The molecule has 3 nitrogen and oxygen atoms in total. The van der Waals surface area contributed by atoms with Crippen LogP contribution in [0, 0.1) is 11.8 Å². The highest BCUT2D eigenvalue weighted by atomic mass is 32.1. The van der Waals surface area contributed by atoms with Gasteiger partial charge in [-0.1, -0.05) is 51.4 Å². The van der Waals surface area contributed by atoms with Crippen molar-refractivity contribution in [3.05, 3.63) is 10.6 Å². The Hall–Kier alpha value is -0.900. The first-order chi connectivity index (χ1) is 9.99. The van der Waals surface area contributed by atoms with Gasteiger partial charge >= 0.3 is 0 Å². The number of hydrogen-bond donors (Lipinski definition) is 0. The van der Waals surface area contributed by atoms with Crippen molar-refractivity contribution in [2.45, 2.75) is 58.3 Å². The first-order valence-corrected chi connectivity index (χ1v) is 9.02. The van der Waals surface area contributed by atoms with Gasteiger partial charge in [0.25, 0.3) is 0 Å². The van der Waals surface area contributed by atoms with Crippen molar-refractivity contribution in [3.8, 4) is 0 Å². The minimum atomic E-state index is -0.0614. The topological polar surface area (TPSA) is 33.2 Å². The zero-order chi connectivity index (χ0) is 15.0. The Morgan fingerprint density at radius 1 is 1.19 bits per heavy atom. The van der Waals surface area contributed by atoms with Crippen LogP contribution in [-0.2, 0) is 5.41 Å². The van der Waals surface area contributed by atoms with Gasteiger partial charge in [0.15, 0.2) is 11.4 Å². The van der Waals surface area contributed by atoms with E-state index >= 15 is 0 Å². The highest BCUT2D eigenvalue weighted by molar-refractivity contribution is 7.17. The number of carbonyl (C=O) groups excluding carboxylic acids is 1. The standard InChI is InChI=1S/C17H26N2OS/c1-17(2,3)15-14(11-20)21-16(18-15)19-9-8-12-6-4-5-7-13(12)10-19/h11-13H,4-10H2,1-3H3. The maximum Gasteiger partial charge on any atom is 0.186 e. The highest BCUT2D eigenvalue weighted by Gasteiger charge is 2.33. The third-order valence-electron chi connectivity index (χ3n) is 5.02. The Bertz CT molecular complexity index is 517. The summed E-state index contributed by atoms with van der Waals surface area (Å²) in [5.41, 5.74) is 0.900. The quantitative estimate of drug-likeness (QED) is 0.765. The van der Waals surface area contributed by atoms with Crippen molar-refractivity contribution in [2.24, 2.45) is 11.8 Å². The highest BCUT2D eigenvalue weighted by Crippen LogP contribution is 2.39. The molecule has 1 saturated heterocycles. The third kappa shape index (κ3) is 3.01. The molecule has 1 aromatic rings. The molecule has 1 aromatic heterocycles. The van der Waals surface area contributed by atoms with Crippen molar-refractivity contribution < 1.29 is 4.79 Å². The van der Waals surface area contributed by atoms with Crippen LogP contribution >= 0.6 is 11.3 Å². The van der Waals surface area contributed by atoms with Gasteiger partial charge in [0.05, 0.1) is 10.6 Å². The monoisotopic (exact) mass is 306 g/mol. The van der Waals surface area contributed by atoms with Crippen molar-refractivity contribution in [1.82, 2.24) is 4.98 Å². The van der Waals surface area contributed by atoms with Gasteiger partial charge in [0.2, 0.25) is 0 Å². The molecule has 4 heteroatoms. The molecule has 2 heterocycles. The second-order valence-electron chi connectivity index (χ2n) is 7.62. The molecular formula is C17H26N2OS. The minimum absolute atomic E-state index is 0.0614. The fourth-order valence-electron chi connectivity index (χ4n) is 3.85. The zero-order valence-electron chi connectivity index (χ0n) is 13.4. The summed E-state index contributed by atoms with van der Waals surface area (Å²) in [5.74, 6) is 1.77. The second kappa shape index (κ2) is 5.71. The van der Waals surface area contributed by atoms with Gasteiger partial charge < -0.3 is 4.90 Å². The summed E-state index contributed by atoms with van der Waals surface area (Å²) in [6.07, 6.45) is 7.88. The molecule has 2 aliphatic rings. The SMILES string of the molecule is CC(C)(C)c1nc(N2CCC3CCCCC3C2)sc1C=O. The molecule has 2 atom stereocenters. The normalized spacial score (nSPS) is 26.5. The molecule has 0 N–H and O–H groups in total. The number of piperidine rings is 1. The number of hydrogen-bond acceptors (Lipinski definition) is 4. The van der Waals surface area contributed by atoms with E-state index in [9.17, 15) is 4.79 Å². The second-order valence-corrected chi connectivity index (χ2v) is 8.63. The first kappa shape index (κ1) is 15.0. The van der Waals surface area contributed by atoms with E-state index in [0.29, 0.717) is 0 Å². The molecule has 0 amide bonds. The number of aldehydes is 1. The van der Waals surface area contributed by atoms with E-state index < -0.39 is 0 Å². The van der Waals surface area contributed by atoms with Crippen molar-refractivity contribution in [2.75, 3.05) is 18.0 Å². The van der Waals surface area contributed by atoms with Crippen LogP contribution in [-0.4, -0.2) is 24.4 Å². The molecule has 0 aromatic carbocycles. The van der Waals surface area contributed by atoms with E-state index in [2.05, 4.69) is 25.7 Å². The number of anilines is 1. The van der Waals surface area contributed by atoms with E-state index in [0.717, 1.165) is 46.9 Å². The molecule has 0 spiro atoms. The van der Waals surface area contributed by atoms with Crippen molar-refractivity contribution >= 4 is 22.8 Å². The van der Waals surface area contributed by atoms with Crippen LogP contribution in [0.15, 0.2) is 0 Å². The molecule has 21 heavy (non-hydrogen) atoms. The summed E-state index contributed by atoms with van der Waals surface area (Å²) in [4.78, 5) is 19.4. The number of rotatable bonds is 2. The summed E-state index contributed by atoms with van der Waals surface area (Å²) < 4.78 is 0. The summed E-state index contributed by atoms with van der Waals surface area (Å²) in [6, 6.07) is 0. The van der Waals surface area contributed by atoms with Gasteiger partial charge in [-0.2, -0.15) is 0 Å². The van der Waals surface area contributed by atoms with E-state index in [1.54, 1.807) is 11.3 Å². The molecule has 1 aliphatic carbocycles. The Balaban J connectivity index is 1.81. The number of fused-ring (bicyclic) bond motifs is 1. The summed E-state index contributed by atoms with van der Waals surface area (Å²) >= 11 is 1.58. The lowest BCUT2D eigenvalue weighted by molar-refractivity contribution is 0.112. The Morgan fingerprint density at radius 2 is 1.90 bits per heavy atom. The fourth-order valence-corrected chi connectivity index (χ4v) is 4.97.